The molecule has 0 saturated carbocycles. The number of morpholine rings is 1. The molecule has 1 atom stereocenters. The van der Waals surface area contributed by atoms with E-state index in [0.717, 1.165) is 51.3 Å². The van der Waals surface area contributed by atoms with Crippen molar-refractivity contribution in [2.24, 2.45) is 0 Å². The van der Waals surface area contributed by atoms with Gasteiger partial charge in [0.25, 0.3) is 0 Å². The molecule has 0 bridgehead atoms. The van der Waals surface area contributed by atoms with Crippen LogP contribution in [0, 0.1) is 0 Å². The quantitative estimate of drug-likeness (QED) is 0.736. The molecule has 0 radical (unpaired) electrons. The molecule has 25 heavy (non-hydrogen) atoms. The Morgan fingerprint density at radius 1 is 1.20 bits per heavy atom. The Morgan fingerprint density at radius 3 is 2.72 bits per heavy atom. The van der Waals surface area contributed by atoms with Crippen molar-refractivity contribution in [3.05, 3.63) is 24.3 Å². The number of nitrogens with zero attached hydrogens (tertiary/aromatic N) is 5. The number of carbonyl (C=O) groups is 1. The smallest absolute Gasteiger partial charge is 0.237 e. The highest BCUT2D eigenvalue weighted by atomic mass is 16.5. The fourth-order valence-corrected chi connectivity index (χ4v) is 3.54. The van der Waals surface area contributed by atoms with Crippen LogP contribution in [0.15, 0.2) is 18.6 Å². The lowest BCUT2D eigenvalue weighted by atomic mass is 10.1. The lowest BCUT2D eigenvalue weighted by Gasteiger charge is -2.38. The number of ether oxygens (including phenoxy) is 1. The molecule has 0 spiro atoms. The molecule has 2 aliphatic rings. The number of aryl methyl sites for hydroxylation is 1. The molecular formula is C18H29N5O2. The van der Waals surface area contributed by atoms with Gasteiger partial charge in [0.05, 0.1) is 31.5 Å². The van der Waals surface area contributed by atoms with Crippen LogP contribution in [0.5, 0.6) is 0 Å². The summed E-state index contributed by atoms with van der Waals surface area (Å²) in [6, 6.07) is 0.139. The van der Waals surface area contributed by atoms with Crippen LogP contribution in [-0.2, 0) is 16.0 Å². The number of piperazine rings is 1. The number of aromatic nitrogens is 2. The Hall–Kier alpha value is -1.57. The molecule has 2 saturated heterocycles. The molecular weight excluding hydrogens is 318 g/mol. The third kappa shape index (κ3) is 5.20. The highest BCUT2D eigenvalue weighted by Gasteiger charge is 2.29. The maximum Gasteiger partial charge on any atom is 0.237 e. The fraction of sp³-hybridized carbons (Fsp3) is 0.722. The molecule has 7 nitrogen and oxygen atoms in total. The van der Waals surface area contributed by atoms with Crippen molar-refractivity contribution in [2.45, 2.75) is 25.8 Å². The molecule has 0 N–H and O–H groups in total. The summed E-state index contributed by atoms with van der Waals surface area (Å²) >= 11 is 0. The minimum absolute atomic E-state index is 0.139. The number of carbonyl (C=O) groups excluding carboxylic acids is 1. The van der Waals surface area contributed by atoms with Crippen LogP contribution in [0.25, 0.3) is 0 Å². The van der Waals surface area contributed by atoms with E-state index >= 15 is 0 Å². The van der Waals surface area contributed by atoms with Crippen molar-refractivity contribution in [3.8, 4) is 0 Å². The van der Waals surface area contributed by atoms with E-state index in [9.17, 15) is 4.79 Å². The van der Waals surface area contributed by atoms with E-state index in [1.807, 2.05) is 4.90 Å². The van der Waals surface area contributed by atoms with Gasteiger partial charge in [-0.25, -0.2) is 0 Å². The largest absolute Gasteiger partial charge is 0.377 e. The predicted molar refractivity (Wildman–Crippen MR) is 95.2 cm³/mol. The minimum atomic E-state index is 0.139. The van der Waals surface area contributed by atoms with Crippen LogP contribution in [0.2, 0.25) is 0 Å². The van der Waals surface area contributed by atoms with Gasteiger partial charge in [-0.2, -0.15) is 0 Å². The minimum Gasteiger partial charge on any atom is -0.377 e. The molecule has 1 aromatic heterocycles. The second-order valence-corrected chi connectivity index (χ2v) is 6.76. The van der Waals surface area contributed by atoms with Crippen LogP contribution in [-0.4, -0.2) is 95.6 Å². The molecule has 138 valence electrons. The second kappa shape index (κ2) is 9.22. The first kappa shape index (κ1) is 18.2. The summed E-state index contributed by atoms with van der Waals surface area (Å²) in [5.41, 5.74) is 0.969. The first-order valence-electron chi connectivity index (χ1n) is 9.33. The average Bonchev–Trinajstić information content (AvgIpc) is 2.68. The van der Waals surface area contributed by atoms with Gasteiger partial charge in [0.1, 0.15) is 0 Å². The summed E-state index contributed by atoms with van der Waals surface area (Å²) in [5.74, 6) is 0.234. The van der Waals surface area contributed by atoms with Crippen LogP contribution < -0.4 is 0 Å². The Balaban J connectivity index is 1.50. The lowest BCUT2D eigenvalue weighted by molar-refractivity contribution is -0.141. The molecule has 0 aliphatic carbocycles. The maximum absolute atomic E-state index is 12.8. The van der Waals surface area contributed by atoms with Crippen molar-refractivity contribution < 1.29 is 9.53 Å². The third-order valence-electron chi connectivity index (χ3n) is 5.17. The third-order valence-corrected chi connectivity index (χ3v) is 5.17. The summed E-state index contributed by atoms with van der Waals surface area (Å²) in [5, 5.41) is 0. The number of hydrogen-bond acceptors (Lipinski definition) is 6. The molecule has 2 fully saturated rings. The van der Waals surface area contributed by atoms with Gasteiger partial charge in [-0.1, -0.05) is 6.92 Å². The Morgan fingerprint density at radius 2 is 2.00 bits per heavy atom. The summed E-state index contributed by atoms with van der Waals surface area (Å²) in [7, 11) is 0. The van der Waals surface area contributed by atoms with Gasteiger partial charge in [-0.15, -0.1) is 0 Å². The predicted octanol–water partition coefficient (Wildman–Crippen LogP) is 0.274. The van der Waals surface area contributed by atoms with E-state index in [-0.39, 0.29) is 11.9 Å². The summed E-state index contributed by atoms with van der Waals surface area (Å²) in [6.07, 6.45) is 6.88. The highest BCUT2D eigenvalue weighted by Crippen LogP contribution is 2.14. The topological polar surface area (TPSA) is 61.8 Å². The lowest BCUT2D eigenvalue weighted by Crippen LogP contribution is -2.54. The van der Waals surface area contributed by atoms with Crippen molar-refractivity contribution in [1.82, 2.24) is 24.7 Å². The van der Waals surface area contributed by atoms with E-state index in [4.69, 9.17) is 4.74 Å². The van der Waals surface area contributed by atoms with Crippen LogP contribution in [0.4, 0.5) is 0 Å². The van der Waals surface area contributed by atoms with Crippen molar-refractivity contribution in [1.29, 1.82) is 0 Å². The van der Waals surface area contributed by atoms with E-state index in [1.54, 1.807) is 18.6 Å². The number of amides is 1. The van der Waals surface area contributed by atoms with Gasteiger partial charge in [-0.05, 0) is 19.4 Å². The van der Waals surface area contributed by atoms with Gasteiger partial charge in [0.2, 0.25) is 5.91 Å². The molecule has 2 aliphatic heterocycles. The van der Waals surface area contributed by atoms with Gasteiger partial charge >= 0.3 is 0 Å². The first-order valence-corrected chi connectivity index (χ1v) is 9.33. The molecule has 3 rings (SSSR count). The molecule has 1 aromatic rings. The standard InChI is InChI=1S/C18H29N5O2/c1-2-21-7-9-22(10-8-21)14-18(24)23-11-12-25-15-17(23)4-3-16-13-19-5-6-20-16/h5-6,13,17H,2-4,7-12,14-15H2,1H3. The molecule has 7 heteroatoms. The van der Waals surface area contributed by atoms with E-state index < -0.39 is 0 Å². The summed E-state index contributed by atoms with van der Waals surface area (Å²) < 4.78 is 5.62. The summed E-state index contributed by atoms with van der Waals surface area (Å²) in [4.78, 5) is 28.0. The zero-order valence-electron chi connectivity index (χ0n) is 15.1. The SMILES string of the molecule is CCN1CCN(CC(=O)N2CCOCC2CCc2cnccn2)CC1. The van der Waals surface area contributed by atoms with E-state index in [2.05, 4.69) is 26.7 Å². The zero-order chi connectivity index (χ0) is 17.5. The van der Waals surface area contributed by atoms with Gasteiger partial charge in [0, 0.05) is 51.3 Å². The van der Waals surface area contributed by atoms with Crippen LogP contribution in [0.1, 0.15) is 19.0 Å². The fourth-order valence-electron chi connectivity index (χ4n) is 3.54. The second-order valence-electron chi connectivity index (χ2n) is 6.76. The molecule has 1 unspecified atom stereocenters. The van der Waals surface area contributed by atoms with Crippen LogP contribution >= 0.6 is 0 Å². The monoisotopic (exact) mass is 347 g/mol. The van der Waals surface area contributed by atoms with Gasteiger partial charge in [-0.3, -0.25) is 19.7 Å². The molecule has 1 amide bonds. The first-order chi connectivity index (χ1) is 12.3. The van der Waals surface area contributed by atoms with Crippen LogP contribution in [0.3, 0.4) is 0 Å². The summed E-state index contributed by atoms with van der Waals surface area (Å²) in [6.45, 7) is 9.84. The molecule has 0 aromatic carbocycles. The Labute approximate surface area is 150 Å². The Kier molecular flexibility index (Phi) is 6.72. The Bertz CT molecular complexity index is 534. The van der Waals surface area contributed by atoms with Gasteiger partial charge in [0.15, 0.2) is 0 Å². The normalized spacial score (nSPS) is 22.9. The van der Waals surface area contributed by atoms with E-state index in [0.29, 0.717) is 26.3 Å². The van der Waals surface area contributed by atoms with Crippen molar-refractivity contribution in [2.75, 3.05) is 59.0 Å². The van der Waals surface area contributed by atoms with Gasteiger partial charge < -0.3 is 14.5 Å². The highest BCUT2D eigenvalue weighted by molar-refractivity contribution is 5.78. The average molecular weight is 347 g/mol. The molecule has 3 heterocycles. The number of likely N-dealkylation sites (N-methyl/N-ethyl adjacent to an activating group) is 1. The number of hydrogen-bond donors (Lipinski definition) is 0. The van der Waals surface area contributed by atoms with Crippen molar-refractivity contribution in [3.63, 3.8) is 0 Å². The van der Waals surface area contributed by atoms with Crippen molar-refractivity contribution >= 4 is 5.91 Å². The number of rotatable bonds is 6. The maximum atomic E-state index is 12.8. The van der Waals surface area contributed by atoms with E-state index in [1.165, 1.54) is 0 Å². The zero-order valence-corrected chi connectivity index (χ0v) is 15.1.